The van der Waals surface area contributed by atoms with E-state index >= 15 is 0 Å². The first-order chi connectivity index (χ1) is 18.8. The van der Waals surface area contributed by atoms with E-state index in [0.717, 1.165) is 16.5 Å². The van der Waals surface area contributed by atoms with Crippen molar-refractivity contribution in [3.8, 4) is 34.5 Å². The minimum Gasteiger partial charge on any atom is -0.497 e. The second-order valence-corrected chi connectivity index (χ2v) is 8.85. The second kappa shape index (κ2) is 12.3. The van der Waals surface area contributed by atoms with Crippen molar-refractivity contribution in [2.75, 3.05) is 39.4 Å². The van der Waals surface area contributed by atoms with Gasteiger partial charge in [0.25, 0.3) is 0 Å². The van der Waals surface area contributed by atoms with Crippen LogP contribution in [0.3, 0.4) is 0 Å². The summed E-state index contributed by atoms with van der Waals surface area (Å²) in [6, 6.07) is 16.4. The average Bonchev–Trinajstić information content (AvgIpc) is 2.94. The minimum atomic E-state index is -1.03. The highest BCUT2D eigenvalue weighted by molar-refractivity contribution is 5.89. The number of nitrogens with zero attached hydrogens (tertiary/aromatic N) is 2. The van der Waals surface area contributed by atoms with Crippen molar-refractivity contribution in [3.63, 3.8) is 0 Å². The van der Waals surface area contributed by atoms with Gasteiger partial charge in [-0.15, -0.1) is 0 Å². The number of carbonyl (C=O) groups is 1. The highest BCUT2D eigenvalue weighted by Crippen LogP contribution is 2.38. The van der Waals surface area contributed by atoms with Crippen molar-refractivity contribution in [2.45, 2.75) is 20.3 Å². The van der Waals surface area contributed by atoms with Gasteiger partial charge < -0.3 is 28.8 Å². The summed E-state index contributed by atoms with van der Waals surface area (Å²) in [6.45, 7) is 4.38. The topological polar surface area (TPSA) is 99.6 Å². The summed E-state index contributed by atoms with van der Waals surface area (Å²) in [5.74, 6) is 3.73. The zero-order valence-electron chi connectivity index (χ0n) is 22.7. The lowest BCUT2D eigenvalue weighted by Gasteiger charge is -2.23. The number of aryl methyl sites for hydroxylation is 2. The monoisotopic (exact) mass is 532 g/mol. The van der Waals surface area contributed by atoms with Gasteiger partial charge >= 0.3 is 6.09 Å². The van der Waals surface area contributed by atoms with Crippen LogP contribution in [-0.2, 0) is 0 Å². The molecule has 0 saturated heterocycles. The first-order valence-corrected chi connectivity index (χ1v) is 12.4. The molecule has 1 aromatic heterocycles. The number of amides is 1. The van der Waals surface area contributed by atoms with Gasteiger partial charge in [0.2, 0.25) is 0 Å². The Morgan fingerprint density at radius 2 is 1.59 bits per heavy atom. The van der Waals surface area contributed by atoms with Crippen LogP contribution in [0.1, 0.15) is 17.5 Å². The van der Waals surface area contributed by atoms with Crippen molar-refractivity contribution in [3.05, 3.63) is 71.9 Å². The van der Waals surface area contributed by atoms with Crippen molar-refractivity contribution in [2.24, 2.45) is 0 Å². The Morgan fingerprint density at radius 1 is 0.846 bits per heavy atom. The van der Waals surface area contributed by atoms with Crippen LogP contribution in [0.15, 0.2) is 60.8 Å². The fourth-order valence-corrected chi connectivity index (χ4v) is 4.25. The highest BCUT2D eigenvalue weighted by Gasteiger charge is 2.19. The first kappa shape index (κ1) is 27.4. The van der Waals surface area contributed by atoms with Gasteiger partial charge in [0.15, 0.2) is 11.5 Å². The van der Waals surface area contributed by atoms with Crippen LogP contribution in [0.4, 0.5) is 10.5 Å². The fraction of sp³-hybridized carbons (Fsp3) is 0.267. The van der Waals surface area contributed by atoms with Crippen LogP contribution >= 0.6 is 0 Å². The number of hydrogen-bond donors (Lipinski definition) is 1. The summed E-state index contributed by atoms with van der Waals surface area (Å²) in [4.78, 5) is 17.9. The van der Waals surface area contributed by atoms with Gasteiger partial charge in [0.05, 0.1) is 39.1 Å². The maximum absolute atomic E-state index is 12.2. The Balaban J connectivity index is 1.51. The lowest BCUT2D eigenvalue weighted by molar-refractivity contribution is 0.201. The molecular formula is C30H32N2O7. The molecule has 9 heteroatoms. The molecule has 3 aromatic carbocycles. The van der Waals surface area contributed by atoms with Crippen LogP contribution in [0, 0.1) is 13.8 Å². The van der Waals surface area contributed by atoms with Crippen LogP contribution in [-0.4, -0.2) is 50.7 Å². The van der Waals surface area contributed by atoms with E-state index in [1.54, 1.807) is 45.7 Å². The summed E-state index contributed by atoms with van der Waals surface area (Å²) in [5.41, 5.74) is 2.85. The van der Waals surface area contributed by atoms with E-state index in [2.05, 4.69) is 4.98 Å². The van der Waals surface area contributed by atoms with E-state index in [4.69, 9.17) is 23.7 Å². The standard InChI is InChI=1S/C30H32N2O7/c1-19-15-27(39-26-10-11-31-24-18-29(37-5)28(36-4)17-23(24)26)20(2)14-25(19)32(30(33)34)12-7-13-38-22-9-6-8-21(16-22)35-3/h6,8-11,14-18H,7,12-13H2,1-5H3,(H,33,34). The Labute approximate surface area is 227 Å². The highest BCUT2D eigenvalue weighted by atomic mass is 16.5. The summed E-state index contributed by atoms with van der Waals surface area (Å²) < 4.78 is 28.1. The number of carboxylic acid groups (broad SMARTS) is 1. The Kier molecular flexibility index (Phi) is 8.60. The smallest absolute Gasteiger partial charge is 0.411 e. The molecule has 0 aliphatic heterocycles. The number of fused-ring (bicyclic) bond motifs is 1. The summed E-state index contributed by atoms with van der Waals surface area (Å²) in [5, 5.41) is 10.7. The molecule has 4 rings (SSSR count). The van der Waals surface area contributed by atoms with Crippen LogP contribution in [0.25, 0.3) is 10.9 Å². The second-order valence-electron chi connectivity index (χ2n) is 8.85. The van der Waals surface area contributed by atoms with Gasteiger partial charge in [0, 0.05) is 30.3 Å². The molecular weight excluding hydrogens is 500 g/mol. The zero-order chi connectivity index (χ0) is 27.9. The summed E-state index contributed by atoms with van der Waals surface area (Å²) >= 11 is 0. The van der Waals surface area contributed by atoms with Crippen molar-refractivity contribution < 1.29 is 33.6 Å². The van der Waals surface area contributed by atoms with Crippen LogP contribution in [0.5, 0.6) is 34.5 Å². The van der Waals surface area contributed by atoms with Gasteiger partial charge in [-0.1, -0.05) is 6.07 Å². The number of rotatable bonds is 11. The van der Waals surface area contributed by atoms with E-state index in [9.17, 15) is 9.90 Å². The lowest BCUT2D eigenvalue weighted by atomic mass is 10.1. The van der Waals surface area contributed by atoms with E-state index in [-0.39, 0.29) is 6.54 Å². The molecule has 0 aliphatic rings. The van der Waals surface area contributed by atoms with Gasteiger partial charge in [-0.05, 0) is 67.8 Å². The van der Waals surface area contributed by atoms with Gasteiger partial charge in [0.1, 0.15) is 23.0 Å². The summed E-state index contributed by atoms with van der Waals surface area (Å²) in [7, 11) is 4.75. The molecule has 0 radical (unpaired) electrons. The Bertz CT molecular complexity index is 1470. The SMILES string of the molecule is COc1cccc(OCCCN(C(=O)O)c2cc(C)c(Oc3ccnc4cc(OC)c(OC)cc34)cc2C)c1. The number of hydrogen-bond acceptors (Lipinski definition) is 7. The van der Waals surface area contributed by atoms with Gasteiger partial charge in [-0.25, -0.2) is 4.79 Å². The Hall–Kier alpha value is -4.66. The maximum atomic E-state index is 12.2. The third-order valence-corrected chi connectivity index (χ3v) is 6.28. The number of methoxy groups -OCH3 is 3. The van der Waals surface area contributed by atoms with Crippen molar-refractivity contribution in [1.29, 1.82) is 0 Å². The van der Waals surface area contributed by atoms with E-state index < -0.39 is 6.09 Å². The lowest BCUT2D eigenvalue weighted by Crippen LogP contribution is -2.31. The molecule has 0 spiro atoms. The molecule has 39 heavy (non-hydrogen) atoms. The fourth-order valence-electron chi connectivity index (χ4n) is 4.25. The van der Waals surface area contributed by atoms with Crippen LogP contribution < -0.4 is 28.6 Å². The molecule has 1 N–H and O–H groups in total. The molecule has 0 atom stereocenters. The molecule has 204 valence electrons. The predicted octanol–water partition coefficient (Wildman–Crippen LogP) is 6.62. The molecule has 0 aliphatic carbocycles. The third-order valence-electron chi connectivity index (χ3n) is 6.28. The van der Waals surface area contributed by atoms with Crippen molar-refractivity contribution >= 4 is 22.7 Å². The average molecular weight is 533 g/mol. The van der Waals surface area contributed by atoms with Gasteiger partial charge in [-0.2, -0.15) is 0 Å². The number of aromatic nitrogens is 1. The third kappa shape index (κ3) is 6.26. The summed E-state index contributed by atoms with van der Waals surface area (Å²) in [6.07, 6.45) is 1.14. The zero-order valence-corrected chi connectivity index (χ0v) is 22.7. The molecule has 1 heterocycles. The van der Waals surface area contributed by atoms with Crippen molar-refractivity contribution in [1.82, 2.24) is 4.98 Å². The molecule has 0 saturated carbocycles. The first-order valence-electron chi connectivity index (χ1n) is 12.4. The maximum Gasteiger partial charge on any atom is 0.411 e. The molecule has 0 bridgehead atoms. The number of anilines is 1. The molecule has 1 amide bonds. The molecule has 4 aromatic rings. The van der Waals surface area contributed by atoms with E-state index in [0.29, 0.717) is 58.7 Å². The largest absolute Gasteiger partial charge is 0.497 e. The normalized spacial score (nSPS) is 10.7. The minimum absolute atomic E-state index is 0.274. The molecule has 0 fully saturated rings. The molecule has 9 nitrogen and oxygen atoms in total. The van der Waals surface area contributed by atoms with Crippen LogP contribution in [0.2, 0.25) is 0 Å². The number of benzene rings is 3. The molecule has 0 unspecified atom stereocenters. The van der Waals surface area contributed by atoms with Gasteiger partial charge in [-0.3, -0.25) is 9.88 Å². The number of ether oxygens (including phenoxy) is 5. The predicted molar refractivity (Wildman–Crippen MR) is 149 cm³/mol. The van der Waals surface area contributed by atoms with E-state index in [1.165, 1.54) is 4.90 Å². The Morgan fingerprint density at radius 3 is 2.31 bits per heavy atom. The quantitative estimate of drug-likeness (QED) is 0.215. The number of pyridine rings is 1. The van der Waals surface area contributed by atoms with E-state index in [1.807, 2.05) is 50.2 Å².